The van der Waals surface area contributed by atoms with Crippen LogP contribution in [0, 0.1) is 0 Å². The normalized spacial score (nSPS) is 17.9. The predicted molar refractivity (Wildman–Crippen MR) is 66.3 cm³/mol. The molecule has 0 aromatic rings. The summed E-state index contributed by atoms with van der Waals surface area (Å²) < 4.78 is 11.8. The zero-order valence-corrected chi connectivity index (χ0v) is 9.69. The van der Waals surface area contributed by atoms with Crippen LogP contribution in [0.5, 0.6) is 0 Å². The second kappa shape index (κ2) is 6.51. The van der Waals surface area contributed by atoms with Gasteiger partial charge in [0.15, 0.2) is 0 Å². The zero-order chi connectivity index (χ0) is 11.1. The van der Waals surface area contributed by atoms with Crippen LogP contribution in [0.4, 0.5) is 4.39 Å². The van der Waals surface area contributed by atoms with E-state index in [-0.39, 0.29) is 0 Å². The summed E-state index contributed by atoms with van der Waals surface area (Å²) in [5.74, 6) is 1.06. The Morgan fingerprint density at radius 3 is 3.00 bits per heavy atom. The Morgan fingerprint density at radius 1 is 1.60 bits per heavy atom. The Bertz CT molecular complexity index is 327. The Kier molecular flexibility index (Phi) is 5.26. The van der Waals surface area contributed by atoms with Crippen molar-refractivity contribution in [2.45, 2.75) is 13.3 Å². The molecule has 0 spiro atoms. The molecule has 0 aromatic carbocycles. The minimum Gasteiger partial charge on any atom is -0.399 e. The van der Waals surface area contributed by atoms with E-state index >= 15 is 0 Å². The van der Waals surface area contributed by atoms with Crippen molar-refractivity contribution in [1.29, 1.82) is 0 Å². The lowest BCUT2D eigenvalue weighted by Gasteiger charge is -2.09. The molecule has 3 heteroatoms. The van der Waals surface area contributed by atoms with Crippen LogP contribution in [0.15, 0.2) is 46.6 Å². The smallest absolute Gasteiger partial charge is 0.108 e. The van der Waals surface area contributed by atoms with Gasteiger partial charge in [-0.25, -0.2) is 4.39 Å². The first-order valence-corrected chi connectivity index (χ1v) is 5.88. The fourth-order valence-electron chi connectivity index (χ4n) is 1.13. The van der Waals surface area contributed by atoms with Gasteiger partial charge in [-0.05, 0) is 24.3 Å². The largest absolute Gasteiger partial charge is 0.399 e. The fraction of sp³-hybridized carbons (Fsp3) is 0.333. The van der Waals surface area contributed by atoms with Crippen LogP contribution in [0.3, 0.4) is 0 Å². The van der Waals surface area contributed by atoms with Gasteiger partial charge in [-0.15, -0.1) is 11.8 Å². The van der Waals surface area contributed by atoms with Crippen molar-refractivity contribution in [3.8, 4) is 0 Å². The summed E-state index contributed by atoms with van der Waals surface area (Å²) in [5, 5.41) is 0. The lowest BCUT2D eigenvalue weighted by Crippen LogP contribution is -1.94. The molecule has 0 aromatic heterocycles. The minimum atomic E-state index is -0.464. The molecule has 0 unspecified atom stereocenters. The molecule has 0 amide bonds. The molecule has 0 atom stereocenters. The summed E-state index contributed by atoms with van der Waals surface area (Å²) in [7, 11) is 0. The lowest BCUT2D eigenvalue weighted by molar-refractivity contribution is 0.561. The van der Waals surface area contributed by atoms with E-state index in [0.29, 0.717) is 5.70 Å². The van der Waals surface area contributed by atoms with Crippen molar-refractivity contribution in [2.75, 3.05) is 12.4 Å². The van der Waals surface area contributed by atoms with Gasteiger partial charge in [-0.2, -0.15) is 0 Å². The molecule has 0 aliphatic carbocycles. The summed E-state index contributed by atoms with van der Waals surface area (Å²) >= 11 is 1.83. The number of thioether (sulfide) groups is 1. The molecule has 0 bridgehead atoms. The van der Waals surface area contributed by atoms with Gasteiger partial charge in [-0.3, -0.25) is 0 Å². The molecule has 0 saturated carbocycles. The van der Waals surface area contributed by atoms with E-state index in [1.54, 1.807) is 6.08 Å². The van der Waals surface area contributed by atoms with E-state index in [1.165, 1.54) is 16.6 Å². The molecular formula is C12H16FNS. The molecule has 1 aliphatic heterocycles. The van der Waals surface area contributed by atoms with E-state index in [0.717, 1.165) is 12.2 Å². The second-order valence-electron chi connectivity index (χ2n) is 3.40. The van der Waals surface area contributed by atoms with Gasteiger partial charge in [0.25, 0.3) is 0 Å². The Balaban J connectivity index is 2.46. The number of rotatable bonds is 4. The maximum atomic E-state index is 11.8. The highest BCUT2D eigenvalue weighted by atomic mass is 32.2. The monoisotopic (exact) mass is 225 g/mol. The zero-order valence-electron chi connectivity index (χ0n) is 8.87. The van der Waals surface area contributed by atoms with E-state index in [2.05, 4.69) is 19.1 Å². The summed E-state index contributed by atoms with van der Waals surface area (Å²) in [4.78, 5) is 1.30. The number of alkyl halides is 1. The molecule has 0 radical (unpaired) electrons. The van der Waals surface area contributed by atoms with Crippen LogP contribution in [0.25, 0.3) is 0 Å². The van der Waals surface area contributed by atoms with Crippen molar-refractivity contribution < 1.29 is 4.39 Å². The topological polar surface area (TPSA) is 26.0 Å². The molecule has 15 heavy (non-hydrogen) atoms. The predicted octanol–water partition coefficient (Wildman–Crippen LogP) is 3.32. The van der Waals surface area contributed by atoms with Crippen molar-refractivity contribution in [1.82, 2.24) is 0 Å². The van der Waals surface area contributed by atoms with Gasteiger partial charge in [0.2, 0.25) is 0 Å². The van der Waals surface area contributed by atoms with Crippen LogP contribution < -0.4 is 5.73 Å². The number of hydrogen-bond acceptors (Lipinski definition) is 2. The highest BCUT2D eigenvalue weighted by Gasteiger charge is 2.01. The number of nitrogens with two attached hydrogens (primary N) is 1. The Morgan fingerprint density at radius 2 is 2.40 bits per heavy atom. The molecule has 82 valence electrons. The van der Waals surface area contributed by atoms with Crippen LogP contribution in [0.2, 0.25) is 0 Å². The van der Waals surface area contributed by atoms with Gasteiger partial charge >= 0.3 is 0 Å². The minimum absolute atomic E-state index is 0.464. The van der Waals surface area contributed by atoms with Crippen molar-refractivity contribution in [3.05, 3.63) is 46.6 Å². The molecular weight excluding hydrogens is 209 g/mol. The standard InChI is InChI=1S/C12H16FNS/c1-10-4-6-12(15-9-10)7-5-11(14)3-2-8-13/h2-6H,7-9,14H2,1H3/b3-2-,11-5+. The molecule has 0 saturated heterocycles. The summed E-state index contributed by atoms with van der Waals surface area (Å²) in [6.07, 6.45) is 10.0. The van der Waals surface area contributed by atoms with Crippen LogP contribution in [-0.4, -0.2) is 12.4 Å². The highest BCUT2D eigenvalue weighted by molar-refractivity contribution is 8.03. The number of allylic oxidation sites excluding steroid dienone is 6. The summed E-state index contributed by atoms with van der Waals surface area (Å²) in [5.41, 5.74) is 7.67. The molecule has 1 heterocycles. The molecule has 1 aliphatic rings. The van der Waals surface area contributed by atoms with Crippen LogP contribution in [-0.2, 0) is 0 Å². The third-order valence-corrected chi connectivity index (χ3v) is 3.25. The first kappa shape index (κ1) is 12.1. The molecule has 0 fully saturated rings. The van der Waals surface area contributed by atoms with Gasteiger partial charge in [0.05, 0.1) is 0 Å². The van der Waals surface area contributed by atoms with Crippen LogP contribution in [0.1, 0.15) is 13.3 Å². The Hall–Kier alpha value is -0.960. The maximum absolute atomic E-state index is 11.8. The van der Waals surface area contributed by atoms with E-state index in [1.807, 2.05) is 17.8 Å². The third-order valence-electron chi connectivity index (χ3n) is 1.98. The van der Waals surface area contributed by atoms with Crippen molar-refractivity contribution >= 4 is 11.8 Å². The van der Waals surface area contributed by atoms with Crippen LogP contribution >= 0.6 is 11.8 Å². The molecule has 2 N–H and O–H groups in total. The van der Waals surface area contributed by atoms with Gasteiger partial charge in [0.1, 0.15) is 6.67 Å². The van der Waals surface area contributed by atoms with E-state index in [4.69, 9.17) is 5.73 Å². The second-order valence-corrected chi connectivity index (χ2v) is 4.50. The first-order valence-electron chi connectivity index (χ1n) is 4.89. The van der Waals surface area contributed by atoms with E-state index in [9.17, 15) is 4.39 Å². The average molecular weight is 225 g/mol. The highest BCUT2D eigenvalue weighted by Crippen LogP contribution is 2.26. The molecule has 1 nitrogen and oxygen atoms in total. The quantitative estimate of drug-likeness (QED) is 0.743. The number of halogens is 1. The maximum Gasteiger partial charge on any atom is 0.108 e. The fourth-order valence-corrected chi connectivity index (χ4v) is 2.01. The summed E-state index contributed by atoms with van der Waals surface area (Å²) in [6, 6.07) is 0. The number of hydrogen-bond donors (Lipinski definition) is 1. The SMILES string of the molecule is CC1=CC=C(C/C=C(N)\C=C/CF)SC1. The van der Waals surface area contributed by atoms with Crippen molar-refractivity contribution in [3.63, 3.8) is 0 Å². The first-order chi connectivity index (χ1) is 7.22. The van der Waals surface area contributed by atoms with Crippen molar-refractivity contribution in [2.24, 2.45) is 5.73 Å². The van der Waals surface area contributed by atoms with Gasteiger partial charge in [0, 0.05) is 11.4 Å². The Labute approximate surface area is 94.6 Å². The lowest BCUT2D eigenvalue weighted by atomic mass is 10.2. The van der Waals surface area contributed by atoms with E-state index < -0.39 is 6.67 Å². The average Bonchev–Trinajstić information content (AvgIpc) is 2.25. The molecule has 1 rings (SSSR count). The van der Waals surface area contributed by atoms with Gasteiger partial charge < -0.3 is 5.73 Å². The van der Waals surface area contributed by atoms with Gasteiger partial charge in [-0.1, -0.05) is 29.9 Å². The summed E-state index contributed by atoms with van der Waals surface area (Å²) in [6.45, 7) is 1.66. The third kappa shape index (κ3) is 4.88.